The molecule has 0 spiro atoms. The fourth-order valence-electron chi connectivity index (χ4n) is 2.65. The second-order valence-electron chi connectivity index (χ2n) is 5.26. The fraction of sp³-hybridized carbons (Fsp3) is 0.625. The highest BCUT2D eigenvalue weighted by atomic mass is 16.5. The Kier molecular flexibility index (Phi) is 5.37. The maximum absolute atomic E-state index is 11.7. The van der Waals surface area contributed by atoms with Gasteiger partial charge in [0.05, 0.1) is 18.4 Å². The van der Waals surface area contributed by atoms with Crippen LogP contribution in [0.2, 0.25) is 0 Å². The van der Waals surface area contributed by atoms with Gasteiger partial charge in [0.25, 0.3) is 0 Å². The first kappa shape index (κ1) is 14.0. The van der Waals surface area contributed by atoms with Crippen molar-refractivity contribution in [2.75, 3.05) is 7.11 Å². The molecule has 0 radical (unpaired) electrons. The van der Waals surface area contributed by atoms with Crippen LogP contribution in [0, 0.1) is 0 Å². The number of hydrogen-bond donors (Lipinski definition) is 0. The molecule has 0 fully saturated rings. The molecule has 104 valence electrons. The molecule has 0 aromatic carbocycles. The summed E-state index contributed by atoms with van der Waals surface area (Å²) < 4.78 is 4.84. The van der Waals surface area contributed by atoms with Crippen LogP contribution in [0.4, 0.5) is 0 Å². The van der Waals surface area contributed by atoms with Crippen molar-refractivity contribution in [3.8, 4) is 0 Å². The molecule has 2 rings (SSSR count). The van der Waals surface area contributed by atoms with Crippen LogP contribution in [0.25, 0.3) is 0 Å². The summed E-state index contributed by atoms with van der Waals surface area (Å²) in [6, 6.07) is 3.86. The molecule has 0 N–H and O–H groups in total. The summed E-state index contributed by atoms with van der Waals surface area (Å²) >= 11 is 0. The van der Waals surface area contributed by atoms with Crippen LogP contribution >= 0.6 is 0 Å². The second kappa shape index (κ2) is 7.27. The van der Waals surface area contributed by atoms with Crippen LogP contribution < -0.4 is 0 Å². The zero-order chi connectivity index (χ0) is 13.5. The maximum atomic E-state index is 11.7. The van der Waals surface area contributed by atoms with Crippen molar-refractivity contribution in [1.82, 2.24) is 4.98 Å². The molecule has 0 aliphatic carbocycles. The Morgan fingerprint density at radius 3 is 2.32 bits per heavy atom. The molecule has 2 heterocycles. The van der Waals surface area contributed by atoms with E-state index < -0.39 is 0 Å². The molecule has 0 amide bonds. The van der Waals surface area contributed by atoms with Crippen molar-refractivity contribution >= 4 is 5.97 Å². The Balaban J connectivity index is 2.20. The predicted molar refractivity (Wildman–Crippen MR) is 75.3 cm³/mol. The van der Waals surface area contributed by atoms with Gasteiger partial charge in [-0.3, -0.25) is 4.98 Å². The average Bonchev–Trinajstić information content (AvgIpc) is 2.43. The predicted octanol–water partition coefficient (Wildman–Crippen LogP) is 3.70. The first-order valence-electron chi connectivity index (χ1n) is 7.38. The number of fused-ring (bicyclic) bond motifs is 2. The van der Waals surface area contributed by atoms with E-state index in [0.717, 1.165) is 30.7 Å². The SMILES string of the molecule is COC(=O)c1ccc2nc1CCCCCCCCC2. The number of hydrogen-bond acceptors (Lipinski definition) is 3. The lowest BCUT2D eigenvalue weighted by atomic mass is 10.0. The molecule has 19 heavy (non-hydrogen) atoms. The van der Waals surface area contributed by atoms with Crippen molar-refractivity contribution < 1.29 is 9.53 Å². The topological polar surface area (TPSA) is 39.2 Å². The van der Waals surface area contributed by atoms with Gasteiger partial charge in [0.2, 0.25) is 0 Å². The first-order chi connectivity index (χ1) is 9.31. The summed E-state index contributed by atoms with van der Waals surface area (Å²) in [5, 5.41) is 0. The third-order valence-corrected chi connectivity index (χ3v) is 3.78. The minimum Gasteiger partial charge on any atom is -0.465 e. The van der Waals surface area contributed by atoms with Crippen molar-refractivity contribution in [3.63, 3.8) is 0 Å². The Morgan fingerprint density at radius 2 is 1.63 bits per heavy atom. The van der Waals surface area contributed by atoms with Crippen LogP contribution in [0.3, 0.4) is 0 Å². The van der Waals surface area contributed by atoms with Gasteiger partial charge >= 0.3 is 5.97 Å². The third-order valence-electron chi connectivity index (χ3n) is 3.78. The molecular formula is C16H23NO2. The van der Waals surface area contributed by atoms with E-state index in [4.69, 9.17) is 4.74 Å². The van der Waals surface area contributed by atoms with Gasteiger partial charge in [0.1, 0.15) is 0 Å². The maximum Gasteiger partial charge on any atom is 0.339 e. The molecule has 1 aliphatic heterocycles. The van der Waals surface area contributed by atoms with E-state index in [1.165, 1.54) is 45.6 Å². The van der Waals surface area contributed by atoms with Crippen molar-refractivity contribution in [1.29, 1.82) is 0 Å². The molecular weight excluding hydrogens is 238 g/mol. The van der Waals surface area contributed by atoms with Crippen molar-refractivity contribution in [2.45, 2.75) is 57.8 Å². The molecule has 3 heteroatoms. The summed E-state index contributed by atoms with van der Waals surface area (Å²) in [4.78, 5) is 16.4. The van der Waals surface area contributed by atoms with E-state index in [1.54, 1.807) is 0 Å². The Labute approximate surface area is 115 Å². The monoisotopic (exact) mass is 261 g/mol. The molecule has 2 bridgehead atoms. The normalized spacial score (nSPS) is 17.1. The fourth-order valence-corrected chi connectivity index (χ4v) is 2.65. The Hall–Kier alpha value is -1.38. The standard InChI is InChI=1S/C16H23NO2/c1-19-16(18)14-12-11-13-9-7-5-3-2-4-6-8-10-15(14)17-13/h11-12H,2-10H2,1H3. The molecule has 1 aromatic heterocycles. The van der Waals surface area contributed by atoms with Gasteiger partial charge in [-0.25, -0.2) is 4.79 Å². The van der Waals surface area contributed by atoms with Crippen LogP contribution in [0.15, 0.2) is 12.1 Å². The molecule has 1 aromatic rings. The molecule has 1 aliphatic rings. The van der Waals surface area contributed by atoms with E-state index >= 15 is 0 Å². The zero-order valence-electron chi connectivity index (χ0n) is 11.8. The molecule has 0 saturated heterocycles. The lowest BCUT2D eigenvalue weighted by Gasteiger charge is -2.11. The second-order valence-corrected chi connectivity index (χ2v) is 5.26. The molecule has 3 nitrogen and oxygen atoms in total. The number of aryl methyl sites for hydroxylation is 2. The van der Waals surface area contributed by atoms with Gasteiger partial charge in [-0.05, 0) is 37.8 Å². The van der Waals surface area contributed by atoms with Gasteiger partial charge < -0.3 is 4.74 Å². The number of carbonyl (C=O) groups excluding carboxylic acids is 1. The number of esters is 1. The number of nitrogens with zero attached hydrogens (tertiary/aromatic N) is 1. The van der Waals surface area contributed by atoms with Crippen LogP contribution in [-0.2, 0) is 17.6 Å². The van der Waals surface area contributed by atoms with E-state index in [-0.39, 0.29) is 5.97 Å². The summed E-state index contributed by atoms with van der Waals surface area (Å²) in [6.07, 6.45) is 10.7. The lowest BCUT2D eigenvalue weighted by molar-refractivity contribution is 0.0599. The minimum atomic E-state index is -0.263. The van der Waals surface area contributed by atoms with E-state index in [2.05, 4.69) is 4.98 Å². The summed E-state index contributed by atoms with van der Waals surface area (Å²) in [5.74, 6) is -0.263. The van der Waals surface area contributed by atoms with Crippen LogP contribution in [0.5, 0.6) is 0 Å². The third kappa shape index (κ3) is 4.05. The van der Waals surface area contributed by atoms with Gasteiger partial charge in [0, 0.05) is 5.69 Å². The molecule has 0 atom stereocenters. The number of carbonyl (C=O) groups is 1. The Bertz CT molecular complexity index is 429. The molecule has 0 unspecified atom stereocenters. The number of pyridine rings is 1. The van der Waals surface area contributed by atoms with Gasteiger partial charge in [0.15, 0.2) is 0 Å². The van der Waals surface area contributed by atoms with E-state index in [1.807, 2.05) is 12.1 Å². The highest BCUT2D eigenvalue weighted by Gasteiger charge is 2.14. The van der Waals surface area contributed by atoms with Gasteiger partial charge in [-0.15, -0.1) is 0 Å². The lowest BCUT2D eigenvalue weighted by Crippen LogP contribution is -2.09. The number of ether oxygens (including phenoxy) is 1. The van der Waals surface area contributed by atoms with Crippen LogP contribution in [0.1, 0.15) is 66.7 Å². The van der Waals surface area contributed by atoms with E-state index in [0.29, 0.717) is 5.56 Å². The zero-order valence-corrected chi connectivity index (χ0v) is 11.8. The quantitative estimate of drug-likeness (QED) is 0.724. The highest BCUT2D eigenvalue weighted by molar-refractivity contribution is 5.90. The highest BCUT2D eigenvalue weighted by Crippen LogP contribution is 2.17. The van der Waals surface area contributed by atoms with E-state index in [9.17, 15) is 4.79 Å². The summed E-state index contributed by atoms with van der Waals surface area (Å²) in [7, 11) is 1.43. The van der Waals surface area contributed by atoms with Crippen molar-refractivity contribution in [2.24, 2.45) is 0 Å². The number of methoxy groups -OCH3 is 1. The van der Waals surface area contributed by atoms with Gasteiger partial charge in [-0.1, -0.05) is 32.1 Å². The Morgan fingerprint density at radius 1 is 1.00 bits per heavy atom. The number of rotatable bonds is 1. The summed E-state index contributed by atoms with van der Waals surface area (Å²) in [5.41, 5.74) is 2.68. The smallest absolute Gasteiger partial charge is 0.339 e. The largest absolute Gasteiger partial charge is 0.465 e. The van der Waals surface area contributed by atoms with Crippen molar-refractivity contribution in [3.05, 3.63) is 29.1 Å². The average molecular weight is 261 g/mol. The van der Waals surface area contributed by atoms with Gasteiger partial charge in [-0.2, -0.15) is 0 Å². The molecule has 0 saturated carbocycles. The first-order valence-corrected chi connectivity index (χ1v) is 7.38. The van der Waals surface area contributed by atoms with Crippen LogP contribution in [-0.4, -0.2) is 18.1 Å². The summed E-state index contributed by atoms with van der Waals surface area (Å²) in [6.45, 7) is 0. The number of aromatic nitrogens is 1. The minimum absolute atomic E-state index is 0.263.